The molecule has 2 heterocycles. The molecule has 1 aromatic heterocycles. The number of nitrogens with one attached hydrogen (secondary N) is 2. The zero-order chi connectivity index (χ0) is 21.1. The van der Waals surface area contributed by atoms with Gasteiger partial charge in [0, 0.05) is 46.8 Å². The fourth-order valence-electron chi connectivity index (χ4n) is 3.59. The minimum absolute atomic E-state index is 0.0261. The number of nitrogen functional groups attached to an aromatic ring is 1. The van der Waals surface area contributed by atoms with E-state index in [-0.39, 0.29) is 17.7 Å². The largest absolute Gasteiger partial charge is 0.618 e. The van der Waals surface area contributed by atoms with Gasteiger partial charge in [0.2, 0.25) is 5.69 Å². The molecule has 30 heavy (non-hydrogen) atoms. The van der Waals surface area contributed by atoms with Gasteiger partial charge < -0.3 is 21.0 Å². The minimum Gasteiger partial charge on any atom is -0.618 e. The molecule has 1 amide bonds. The van der Waals surface area contributed by atoms with E-state index in [0.29, 0.717) is 30.0 Å². The smallest absolute Gasteiger partial charge is 0.251 e. The predicted molar refractivity (Wildman–Crippen MR) is 113 cm³/mol. The van der Waals surface area contributed by atoms with Gasteiger partial charge in [0.25, 0.3) is 5.91 Å². The van der Waals surface area contributed by atoms with Crippen LogP contribution in [0.1, 0.15) is 33.8 Å². The van der Waals surface area contributed by atoms with E-state index in [2.05, 4.69) is 5.32 Å². The predicted octanol–water partition coefficient (Wildman–Crippen LogP) is 2.57. The molecule has 2 aromatic carbocycles. The highest BCUT2D eigenvalue weighted by atomic mass is 16.5. The van der Waals surface area contributed by atoms with Crippen molar-refractivity contribution in [2.24, 2.45) is 5.73 Å². The molecule has 0 radical (unpaired) electrons. The number of carbonyl (C=O) groups excluding carboxylic acids is 1. The summed E-state index contributed by atoms with van der Waals surface area (Å²) in [6.07, 6.45) is 2.17. The summed E-state index contributed by atoms with van der Waals surface area (Å²) < 4.78 is 6.50. The van der Waals surface area contributed by atoms with Gasteiger partial charge in [0.05, 0.1) is 6.61 Å². The van der Waals surface area contributed by atoms with E-state index in [1.54, 1.807) is 48.5 Å². The third-order valence-electron chi connectivity index (χ3n) is 5.25. The van der Waals surface area contributed by atoms with Crippen molar-refractivity contribution in [3.8, 4) is 17.0 Å². The highest BCUT2D eigenvalue weighted by Gasteiger charge is 2.24. The first-order valence-electron chi connectivity index (χ1n) is 9.71. The first-order valence-corrected chi connectivity index (χ1v) is 9.71. The van der Waals surface area contributed by atoms with Crippen LogP contribution in [0.2, 0.25) is 0 Å². The summed E-state index contributed by atoms with van der Waals surface area (Å²) in [4.78, 5) is 12.5. The van der Waals surface area contributed by atoms with Gasteiger partial charge in [-0.2, -0.15) is 4.73 Å². The third kappa shape index (κ3) is 3.96. The van der Waals surface area contributed by atoms with Crippen LogP contribution in [0.3, 0.4) is 0 Å². The van der Waals surface area contributed by atoms with Crippen molar-refractivity contribution in [2.75, 3.05) is 13.2 Å². The molecular weight excluding hydrogens is 380 g/mol. The number of rotatable bonds is 6. The van der Waals surface area contributed by atoms with E-state index >= 15 is 0 Å². The molecule has 0 fully saturated rings. The van der Waals surface area contributed by atoms with Crippen LogP contribution in [0.15, 0.2) is 66.9 Å². The molecule has 152 valence electrons. The second-order valence-electron chi connectivity index (χ2n) is 7.21. The van der Waals surface area contributed by atoms with Gasteiger partial charge >= 0.3 is 0 Å². The van der Waals surface area contributed by atoms with Crippen molar-refractivity contribution in [1.82, 2.24) is 5.32 Å². The molecule has 7 nitrogen and oxygen atoms in total. The molecule has 1 aliphatic heterocycles. The van der Waals surface area contributed by atoms with Gasteiger partial charge in [-0.15, -0.1) is 0 Å². The Morgan fingerprint density at radius 1 is 1.17 bits per heavy atom. The topological polar surface area (TPSA) is 115 Å². The Morgan fingerprint density at radius 3 is 2.67 bits per heavy atom. The second kappa shape index (κ2) is 8.24. The van der Waals surface area contributed by atoms with Crippen molar-refractivity contribution >= 4 is 11.7 Å². The lowest BCUT2D eigenvalue weighted by molar-refractivity contribution is -0.593. The summed E-state index contributed by atoms with van der Waals surface area (Å²) in [6.45, 7) is 1.05. The number of amidine groups is 1. The maximum Gasteiger partial charge on any atom is 0.251 e. The lowest BCUT2D eigenvalue weighted by Gasteiger charge is -2.11. The van der Waals surface area contributed by atoms with E-state index in [4.69, 9.17) is 15.9 Å². The quantitative estimate of drug-likeness (QED) is 0.254. The third-order valence-corrected chi connectivity index (χ3v) is 5.25. The molecule has 0 spiro atoms. The van der Waals surface area contributed by atoms with Crippen LogP contribution in [-0.2, 0) is 0 Å². The van der Waals surface area contributed by atoms with Gasteiger partial charge in [-0.25, -0.2) is 0 Å². The fraction of sp³-hybridized carbons (Fsp3) is 0.174. The van der Waals surface area contributed by atoms with E-state index in [1.807, 2.05) is 12.1 Å². The van der Waals surface area contributed by atoms with Crippen molar-refractivity contribution < 1.29 is 14.3 Å². The molecule has 1 atom stereocenters. The maximum absolute atomic E-state index is 12.5. The lowest BCUT2D eigenvalue weighted by Crippen LogP contribution is -2.28. The number of nitrogens with two attached hydrogens (primary N) is 1. The zero-order valence-corrected chi connectivity index (χ0v) is 16.3. The standard InChI is InChI=1S/C23H22N4O3/c24-22(25)17-8-9-21-19(13-17)18(14-30-21)10-11-26-23(28)16-6-4-15(5-7-16)20-3-1-2-12-27(20)29/h1-9,12-13,18H,10-11,14H2,(H3,24,25)(H,26,28). The first-order chi connectivity index (χ1) is 14.5. The van der Waals surface area contributed by atoms with Crippen LogP contribution in [0.4, 0.5) is 0 Å². The van der Waals surface area contributed by atoms with Crippen molar-refractivity contribution in [3.05, 3.63) is 88.8 Å². The number of fused-ring (bicyclic) bond motifs is 1. The molecule has 4 rings (SSSR count). The molecule has 0 saturated carbocycles. The Bertz CT molecular complexity index is 1100. The number of ether oxygens (including phenoxy) is 1. The van der Waals surface area contributed by atoms with Gasteiger partial charge in [-0.3, -0.25) is 10.2 Å². The van der Waals surface area contributed by atoms with Crippen LogP contribution in [0.25, 0.3) is 11.3 Å². The van der Waals surface area contributed by atoms with Gasteiger partial charge in [-0.1, -0.05) is 0 Å². The Balaban J connectivity index is 1.36. The van der Waals surface area contributed by atoms with Crippen LogP contribution in [0, 0.1) is 10.6 Å². The highest BCUT2D eigenvalue weighted by molar-refractivity contribution is 5.95. The molecule has 1 aliphatic rings. The average molecular weight is 402 g/mol. The van der Waals surface area contributed by atoms with Crippen molar-refractivity contribution in [3.63, 3.8) is 0 Å². The van der Waals surface area contributed by atoms with E-state index in [9.17, 15) is 10.0 Å². The second-order valence-corrected chi connectivity index (χ2v) is 7.21. The van der Waals surface area contributed by atoms with Crippen LogP contribution in [0.5, 0.6) is 5.75 Å². The van der Waals surface area contributed by atoms with Gasteiger partial charge in [0.1, 0.15) is 11.6 Å². The van der Waals surface area contributed by atoms with Gasteiger partial charge in [0.15, 0.2) is 6.20 Å². The fourth-order valence-corrected chi connectivity index (χ4v) is 3.59. The van der Waals surface area contributed by atoms with Crippen LogP contribution in [-0.4, -0.2) is 24.9 Å². The summed E-state index contributed by atoms with van der Waals surface area (Å²) >= 11 is 0. The Morgan fingerprint density at radius 2 is 1.93 bits per heavy atom. The number of amides is 1. The first kappa shape index (κ1) is 19.4. The van der Waals surface area contributed by atoms with E-state index < -0.39 is 0 Å². The number of pyridine rings is 1. The van der Waals surface area contributed by atoms with Crippen molar-refractivity contribution in [1.29, 1.82) is 5.41 Å². The number of hydrogen-bond donors (Lipinski definition) is 3. The molecule has 0 aliphatic carbocycles. The zero-order valence-electron chi connectivity index (χ0n) is 16.3. The summed E-state index contributed by atoms with van der Waals surface area (Å²) in [7, 11) is 0. The summed E-state index contributed by atoms with van der Waals surface area (Å²) in [5.41, 5.74) is 9.10. The molecule has 7 heteroatoms. The number of aromatic nitrogens is 1. The summed E-state index contributed by atoms with van der Waals surface area (Å²) in [5, 5.41) is 22.4. The number of hydrogen-bond acceptors (Lipinski definition) is 4. The van der Waals surface area contributed by atoms with Crippen LogP contribution >= 0.6 is 0 Å². The Kier molecular flexibility index (Phi) is 5.34. The number of carbonyl (C=O) groups is 1. The molecule has 1 unspecified atom stereocenters. The summed E-state index contributed by atoms with van der Waals surface area (Å²) in [6, 6.07) is 17.7. The number of benzene rings is 2. The average Bonchev–Trinajstić information content (AvgIpc) is 3.16. The lowest BCUT2D eigenvalue weighted by atomic mass is 9.96. The minimum atomic E-state index is -0.166. The molecule has 3 aromatic rings. The van der Waals surface area contributed by atoms with E-state index in [0.717, 1.165) is 28.0 Å². The molecule has 0 bridgehead atoms. The normalized spacial score (nSPS) is 14.6. The SMILES string of the molecule is N=C(N)c1ccc2c(c1)C(CCNC(=O)c1ccc(-c3cccc[n+]3[O-])cc1)CO2. The number of nitrogens with zero attached hydrogens (tertiary/aromatic N) is 1. The molecule has 0 saturated heterocycles. The Labute approximate surface area is 174 Å². The summed E-state index contributed by atoms with van der Waals surface area (Å²) in [5.74, 6) is 0.815. The monoisotopic (exact) mass is 402 g/mol. The highest BCUT2D eigenvalue weighted by Crippen LogP contribution is 2.36. The molecule has 4 N–H and O–H groups in total. The molecular formula is C23H22N4O3. The van der Waals surface area contributed by atoms with Gasteiger partial charge in [-0.05, 0) is 55.0 Å². The van der Waals surface area contributed by atoms with E-state index in [1.165, 1.54) is 6.20 Å². The maximum atomic E-state index is 12.5. The van der Waals surface area contributed by atoms with Crippen molar-refractivity contribution in [2.45, 2.75) is 12.3 Å². The Hall–Kier alpha value is -3.87. The van der Waals surface area contributed by atoms with Crippen LogP contribution < -0.4 is 20.5 Å².